The highest BCUT2D eigenvalue weighted by molar-refractivity contribution is 5.97. The number of nitriles is 1. The Hall–Kier alpha value is -2.36. The summed E-state index contributed by atoms with van der Waals surface area (Å²) in [5.74, 6) is -0.392. The summed E-state index contributed by atoms with van der Waals surface area (Å²) in [5.41, 5.74) is 1.04. The van der Waals surface area contributed by atoms with Crippen molar-refractivity contribution >= 4 is 5.91 Å². The van der Waals surface area contributed by atoms with Crippen LogP contribution in [0.25, 0.3) is 0 Å². The van der Waals surface area contributed by atoms with Crippen molar-refractivity contribution < 1.29 is 14.3 Å². The molecule has 0 saturated carbocycles. The molecular weight excluding hydrogens is 294 g/mol. The molecule has 0 bridgehead atoms. The number of hydrogen-bond acceptors (Lipinski definition) is 5. The number of carbonyl (C=O) groups excluding carboxylic acids is 1. The maximum atomic E-state index is 12.1. The van der Waals surface area contributed by atoms with Gasteiger partial charge in [-0.25, -0.2) is 0 Å². The molecule has 1 aromatic rings. The summed E-state index contributed by atoms with van der Waals surface area (Å²) in [7, 11) is 3.21. The molecular formula is C17H23N3O3. The van der Waals surface area contributed by atoms with E-state index in [1.807, 2.05) is 41.3 Å². The van der Waals surface area contributed by atoms with Gasteiger partial charge in [0.25, 0.3) is 5.91 Å². The molecule has 124 valence electrons. The van der Waals surface area contributed by atoms with E-state index in [0.717, 1.165) is 5.56 Å². The lowest BCUT2D eigenvalue weighted by atomic mass is 10.2. The third-order valence-corrected chi connectivity index (χ3v) is 3.14. The third-order valence-electron chi connectivity index (χ3n) is 3.14. The molecule has 6 nitrogen and oxygen atoms in total. The molecule has 1 amide bonds. The van der Waals surface area contributed by atoms with Crippen LogP contribution in [0.2, 0.25) is 0 Å². The average Bonchev–Trinajstić information content (AvgIpc) is 2.60. The molecule has 0 heterocycles. The number of carbonyl (C=O) groups is 1. The molecule has 1 rings (SSSR count). The molecule has 23 heavy (non-hydrogen) atoms. The largest absolute Gasteiger partial charge is 0.383 e. The number of hydrogen-bond donors (Lipinski definition) is 1. The zero-order valence-electron chi connectivity index (χ0n) is 13.6. The zero-order valence-corrected chi connectivity index (χ0v) is 13.6. The van der Waals surface area contributed by atoms with E-state index >= 15 is 0 Å². The minimum Gasteiger partial charge on any atom is -0.383 e. The fraction of sp³-hybridized carbons (Fsp3) is 0.412. The quantitative estimate of drug-likeness (QED) is 0.520. The first-order valence-corrected chi connectivity index (χ1v) is 7.37. The molecule has 0 radical (unpaired) electrons. The summed E-state index contributed by atoms with van der Waals surface area (Å²) in [6.45, 7) is 2.55. The van der Waals surface area contributed by atoms with E-state index in [1.165, 1.54) is 0 Å². The van der Waals surface area contributed by atoms with Gasteiger partial charge in [-0.1, -0.05) is 30.3 Å². The maximum Gasteiger partial charge on any atom is 0.263 e. The SMILES string of the molecule is COCCN(/C=C(/C#N)C(=O)NCc1ccccc1)CCOC. The second-order valence-corrected chi connectivity index (χ2v) is 4.84. The first kappa shape index (κ1) is 18.7. The number of ether oxygens (including phenoxy) is 2. The molecule has 1 aromatic carbocycles. The predicted octanol–water partition coefficient (Wildman–Crippen LogP) is 1.31. The normalized spacial score (nSPS) is 10.9. The molecule has 0 saturated heterocycles. The van der Waals surface area contributed by atoms with Crippen LogP contribution >= 0.6 is 0 Å². The lowest BCUT2D eigenvalue weighted by molar-refractivity contribution is -0.117. The van der Waals surface area contributed by atoms with E-state index < -0.39 is 5.91 Å². The Morgan fingerprint density at radius 3 is 2.35 bits per heavy atom. The topological polar surface area (TPSA) is 74.6 Å². The van der Waals surface area contributed by atoms with Crippen LogP contribution in [0, 0.1) is 11.3 Å². The van der Waals surface area contributed by atoms with E-state index in [4.69, 9.17) is 9.47 Å². The summed E-state index contributed by atoms with van der Waals surface area (Å²) < 4.78 is 10.1. The van der Waals surface area contributed by atoms with Crippen LogP contribution in [0.5, 0.6) is 0 Å². The Morgan fingerprint density at radius 2 is 1.83 bits per heavy atom. The van der Waals surface area contributed by atoms with Crippen LogP contribution < -0.4 is 5.32 Å². The van der Waals surface area contributed by atoms with E-state index in [9.17, 15) is 10.1 Å². The molecule has 0 atom stereocenters. The minimum absolute atomic E-state index is 0.0631. The van der Waals surface area contributed by atoms with Gasteiger partial charge in [-0.05, 0) is 5.56 Å². The van der Waals surface area contributed by atoms with Gasteiger partial charge in [0.1, 0.15) is 11.6 Å². The van der Waals surface area contributed by atoms with Crippen molar-refractivity contribution in [2.45, 2.75) is 6.54 Å². The number of nitrogens with one attached hydrogen (secondary N) is 1. The van der Waals surface area contributed by atoms with Gasteiger partial charge in [0.2, 0.25) is 0 Å². The summed E-state index contributed by atoms with van der Waals surface area (Å²) in [6, 6.07) is 11.5. The molecule has 1 N–H and O–H groups in total. The first-order chi connectivity index (χ1) is 11.2. The second kappa shape index (κ2) is 11.2. The molecule has 0 fully saturated rings. The van der Waals surface area contributed by atoms with E-state index in [-0.39, 0.29) is 5.57 Å². The van der Waals surface area contributed by atoms with Gasteiger partial charge in [0.15, 0.2) is 0 Å². The number of methoxy groups -OCH3 is 2. The van der Waals surface area contributed by atoms with Gasteiger partial charge in [-0.2, -0.15) is 5.26 Å². The standard InChI is InChI=1S/C17H23N3O3/c1-22-10-8-20(9-11-23-2)14-16(12-18)17(21)19-13-15-6-4-3-5-7-15/h3-7,14H,8-11,13H2,1-2H3,(H,19,21)/b16-14-. The first-order valence-electron chi connectivity index (χ1n) is 7.37. The third kappa shape index (κ3) is 7.45. The fourth-order valence-corrected chi connectivity index (χ4v) is 1.85. The van der Waals surface area contributed by atoms with E-state index in [2.05, 4.69) is 5.32 Å². The predicted molar refractivity (Wildman–Crippen MR) is 87.3 cm³/mol. The van der Waals surface area contributed by atoms with Gasteiger partial charge in [0, 0.05) is 40.1 Å². The Balaban J connectivity index is 2.66. The molecule has 0 aromatic heterocycles. The lowest BCUT2D eigenvalue weighted by Crippen LogP contribution is -2.29. The van der Waals surface area contributed by atoms with Crippen LogP contribution in [0.4, 0.5) is 0 Å². The van der Waals surface area contributed by atoms with Crippen LogP contribution in [0.15, 0.2) is 42.1 Å². The number of benzene rings is 1. The van der Waals surface area contributed by atoms with E-state index in [0.29, 0.717) is 32.8 Å². The number of nitrogens with zero attached hydrogens (tertiary/aromatic N) is 2. The number of rotatable bonds is 10. The van der Waals surface area contributed by atoms with Gasteiger partial charge >= 0.3 is 0 Å². The molecule has 6 heteroatoms. The minimum atomic E-state index is -0.392. The summed E-state index contributed by atoms with van der Waals surface area (Å²) in [6.07, 6.45) is 1.55. The molecule has 0 spiro atoms. The van der Waals surface area contributed by atoms with Gasteiger partial charge < -0.3 is 19.7 Å². The van der Waals surface area contributed by atoms with Crippen molar-refractivity contribution in [3.05, 3.63) is 47.7 Å². The number of amides is 1. The van der Waals surface area contributed by atoms with Crippen molar-refractivity contribution in [2.24, 2.45) is 0 Å². The van der Waals surface area contributed by atoms with Gasteiger partial charge in [-0.3, -0.25) is 4.79 Å². The van der Waals surface area contributed by atoms with Crippen molar-refractivity contribution in [3.8, 4) is 6.07 Å². The molecule has 0 aliphatic carbocycles. The summed E-state index contributed by atoms with van der Waals surface area (Å²) in [5, 5.41) is 12.0. The smallest absolute Gasteiger partial charge is 0.263 e. The molecule has 0 unspecified atom stereocenters. The summed E-state index contributed by atoms with van der Waals surface area (Å²) >= 11 is 0. The van der Waals surface area contributed by atoms with Gasteiger partial charge in [0.05, 0.1) is 13.2 Å². The molecule has 0 aliphatic heterocycles. The van der Waals surface area contributed by atoms with Crippen LogP contribution in [0.1, 0.15) is 5.56 Å². The Kier molecular flexibility index (Phi) is 9.13. The van der Waals surface area contributed by atoms with Crippen molar-refractivity contribution in [2.75, 3.05) is 40.5 Å². The summed E-state index contributed by atoms with van der Waals surface area (Å²) in [4.78, 5) is 14.0. The average molecular weight is 317 g/mol. The van der Waals surface area contributed by atoms with E-state index in [1.54, 1.807) is 20.4 Å². The monoisotopic (exact) mass is 317 g/mol. The second-order valence-electron chi connectivity index (χ2n) is 4.84. The van der Waals surface area contributed by atoms with Gasteiger partial charge in [-0.15, -0.1) is 0 Å². The Bertz CT molecular complexity index is 530. The fourth-order valence-electron chi connectivity index (χ4n) is 1.85. The van der Waals surface area contributed by atoms with Crippen LogP contribution in [-0.2, 0) is 20.8 Å². The van der Waals surface area contributed by atoms with Crippen molar-refractivity contribution in [1.82, 2.24) is 10.2 Å². The van der Waals surface area contributed by atoms with Crippen molar-refractivity contribution in [1.29, 1.82) is 5.26 Å². The van der Waals surface area contributed by atoms with Crippen LogP contribution in [-0.4, -0.2) is 51.3 Å². The Morgan fingerprint density at radius 1 is 1.22 bits per heavy atom. The highest BCUT2D eigenvalue weighted by atomic mass is 16.5. The highest BCUT2D eigenvalue weighted by Gasteiger charge is 2.11. The van der Waals surface area contributed by atoms with Crippen LogP contribution in [0.3, 0.4) is 0 Å². The highest BCUT2D eigenvalue weighted by Crippen LogP contribution is 2.02. The lowest BCUT2D eigenvalue weighted by Gasteiger charge is -2.20. The zero-order chi connectivity index (χ0) is 16.9. The maximum absolute atomic E-state index is 12.1. The molecule has 0 aliphatic rings. The van der Waals surface area contributed by atoms with Crippen molar-refractivity contribution in [3.63, 3.8) is 0 Å². The Labute approximate surface area is 137 Å².